The van der Waals surface area contributed by atoms with Gasteiger partial charge in [-0.05, 0) is 48.3 Å². The van der Waals surface area contributed by atoms with E-state index in [4.69, 9.17) is 0 Å². The van der Waals surface area contributed by atoms with Crippen molar-refractivity contribution in [3.63, 3.8) is 0 Å². The van der Waals surface area contributed by atoms with Crippen molar-refractivity contribution in [1.82, 2.24) is 0 Å². The summed E-state index contributed by atoms with van der Waals surface area (Å²) in [7, 11) is 0. The van der Waals surface area contributed by atoms with Crippen LogP contribution in [0.3, 0.4) is 0 Å². The minimum atomic E-state index is 0.667. The van der Waals surface area contributed by atoms with Crippen LogP contribution in [0.2, 0.25) is 0 Å². The summed E-state index contributed by atoms with van der Waals surface area (Å²) in [5, 5.41) is 3.76. The van der Waals surface area contributed by atoms with E-state index in [2.05, 4.69) is 59.9 Å². The second-order valence-electron chi connectivity index (χ2n) is 5.86. The van der Waals surface area contributed by atoms with Crippen LogP contribution >= 0.6 is 0 Å². The van der Waals surface area contributed by atoms with E-state index in [1.807, 2.05) is 0 Å². The summed E-state index contributed by atoms with van der Waals surface area (Å²) >= 11 is 0. The quantitative estimate of drug-likeness (QED) is 0.840. The minimum Gasteiger partial charge on any atom is -0.382 e. The average Bonchev–Trinajstić information content (AvgIpc) is 3.28. The molecule has 1 heteroatoms. The number of rotatable bonds is 2. The maximum absolute atomic E-state index is 3.76. The van der Waals surface area contributed by atoms with Crippen LogP contribution in [0.25, 0.3) is 0 Å². The molecule has 96 valence electrons. The lowest BCUT2D eigenvalue weighted by Gasteiger charge is -2.27. The Balaban J connectivity index is 1.49. The summed E-state index contributed by atoms with van der Waals surface area (Å²) in [6, 6.07) is 20.4. The van der Waals surface area contributed by atoms with E-state index in [0.29, 0.717) is 6.04 Å². The highest BCUT2D eigenvalue weighted by atomic mass is 15.0. The zero-order chi connectivity index (χ0) is 12.7. The van der Waals surface area contributed by atoms with E-state index < -0.39 is 0 Å². The van der Waals surface area contributed by atoms with Crippen molar-refractivity contribution < 1.29 is 0 Å². The lowest BCUT2D eigenvalue weighted by Crippen LogP contribution is -2.27. The zero-order valence-electron chi connectivity index (χ0n) is 11.0. The van der Waals surface area contributed by atoms with Crippen LogP contribution in [0.1, 0.15) is 29.9 Å². The van der Waals surface area contributed by atoms with Crippen LogP contribution in [0.5, 0.6) is 0 Å². The van der Waals surface area contributed by atoms with E-state index in [1.165, 1.54) is 36.1 Å². The van der Waals surface area contributed by atoms with Gasteiger partial charge in [-0.2, -0.15) is 0 Å². The third-order valence-electron chi connectivity index (χ3n) is 4.67. The van der Waals surface area contributed by atoms with Crippen molar-refractivity contribution in [2.45, 2.75) is 31.2 Å². The summed E-state index contributed by atoms with van der Waals surface area (Å²) in [6.45, 7) is 0. The van der Waals surface area contributed by atoms with Gasteiger partial charge < -0.3 is 5.32 Å². The first kappa shape index (κ1) is 11.1. The molecule has 0 amide bonds. The van der Waals surface area contributed by atoms with Crippen molar-refractivity contribution in [1.29, 1.82) is 0 Å². The molecule has 3 unspecified atom stereocenters. The van der Waals surface area contributed by atoms with E-state index in [-0.39, 0.29) is 0 Å². The number of hydrogen-bond donors (Lipinski definition) is 1. The van der Waals surface area contributed by atoms with Crippen molar-refractivity contribution in [2.75, 3.05) is 5.32 Å². The normalized spacial score (nSPS) is 28.3. The van der Waals surface area contributed by atoms with Gasteiger partial charge in [-0.1, -0.05) is 48.5 Å². The first-order valence-electron chi connectivity index (χ1n) is 7.31. The monoisotopic (exact) mass is 249 g/mol. The molecule has 2 aromatic rings. The standard InChI is InChI=1S/C18H19N/c1-2-6-13(7-3-1)15-12-16(15)18-11-10-14-8-4-5-9-17(14)19-18/h1-9,15-16,18-19H,10-12H2. The fraction of sp³-hybridized carbons (Fsp3) is 0.333. The number of aryl methyl sites for hydroxylation is 1. The highest BCUT2D eigenvalue weighted by Crippen LogP contribution is 2.51. The molecule has 0 aromatic heterocycles. The Labute approximate surface area is 114 Å². The summed E-state index contributed by atoms with van der Waals surface area (Å²) in [6.07, 6.45) is 3.86. The molecule has 1 aliphatic carbocycles. The molecule has 1 aliphatic heterocycles. The van der Waals surface area contributed by atoms with Crippen LogP contribution in [0, 0.1) is 5.92 Å². The molecule has 1 heterocycles. The van der Waals surface area contributed by atoms with Gasteiger partial charge in [0.15, 0.2) is 0 Å². The fourth-order valence-corrected chi connectivity index (χ4v) is 3.53. The molecule has 1 saturated carbocycles. The van der Waals surface area contributed by atoms with Crippen molar-refractivity contribution in [2.24, 2.45) is 5.92 Å². The van der Waals surface area contributed by atoms with Gasteiger partial charge in [0.05, 0.1) is 0 Å². The highest BCUT2D eigenvalue weighted by molar-refractivity contribution is 5.54. The van der Waals surface area contributed by atoms with Crippen molar-refractivity contribution in [3.05, 3.63) is 65.7 Å². The Morgan fingerprint density at radius 3 is 2.58 bits per heavy atom. The number of para-hydroxylation sites is 1. The lowest BCUT2D eigenvalue weighted by molar-refractivity contribution is 0.558. The van der Waals surface area contributed by atoms with Gasteiger partial charge in [0.25, 0.3) is 0 Å². The van der Waals surface area contributed by atoms with Gasteiger partial charge in [0, 0.05) is 11.7 Å². The number of anilines is 1. The molecule has 1 N–H and O–H groups in total. The summed E-state index contributed by atoms with van der Waals surface area (Å²) in [5.41, 5.74) is 4.36. The van der Waals surface area contributed by atoms with Crippen LogP contribution in [-0.4, -0.2) is 6.04 Å². The maximum atomic E-state index is 3.76. The fourth-order valence-electron chi connectivity index (χ4n) is 3.53. The smallest absolute Gasteiger partial charge is 0.0374 e. The molecular weight excluding hydrogens is 230 g/mol. The predicted molar refractivity (Wildman–Crippen MR) is 79.5 cm³/mol. The first-order chi connectivity index (χ1) is 9.42. The van der Waals surface area contributed by atoms with Gasteiger partial charge in [-0.15, -0.1) is 0 Å². The maximum Gasteiger partial charge on any atom is 0.0374 e. The van der Waals surface area contributed by atoms with Crippen molar-refractivity contribution >= 4 is 5.69 Å². The summed E-state index contributed by atoms with van der Waals surface area (Å²) in [4.78, 5) is 0. The summed E-state index contributed by atoms with van der Waals surface area (Å²) in [5.74, 6) is 1.61. The van der Waals surface area contributed by atoms with E-state index in [9.17, 15) is 0 Å². The Hall–Kier alpha value is -1.76. The molecule has 0 saturated heterocycles. The molecule has 0 bridgehead atoms. The van der Waals surface area contributed by atoms with Gasteiger partial charge in [0.1, 0.15) is 0 Å². The zero-order valence-corrected chi connectivity index (χ0v) is 11.0. The third kappa shape index (κ3) is 2.03. The average molecular weight is 249 g/mol. The van der Waals surface area contributed by atoms with Gasteiger partial charge in [-0.25, -0.2) is 0 Å². The topological polar surface area (TPSA) is 12.0 Å². The van der Waals surface area contributed by atoms with Gasteiger partial charge >= 0.3 is 0 Å². The molecule has 0 radical (unpaired) electrons. The molecule has 2 aromatic carbocycles. The lowest BCUT2D eigenvalue weighted by atomic mass is 9.94. The molecule has 19 heavy (non-hydrogen) atoms. The number of benzene rings is 2. The first-order valence-corrected chi connectivity index (χ1v) is 7.31. The third-order valence-corrected chi connectivity index (χ3v) is 4.67. The molecule has 2 aliphatic rings. The highest BCUT2D eigenvalue weighted by Gasteiger charge is 2.44. The predicted octanol–water partition coefficient (Wildman–Crippen LogP) is 4.22. The largest absolute Gasteiger partial charge is 0.382 e. The molecule has 1 fully saturated rings. The van der Waals surface area contributed by atoms with Crippen LogP contribution in [0.4, 0.5) is 5.69 Å². The van der Waals surface area contributed by atoms with Gasteiger partial charge in [0.2, 0.25) is 0 Å². The number of nitrogens with one attached hydrogen (secondary N) is 1. The van der Waals surface area contributed by atoms with E-state index in [1.54, 1.807) is 0 Å². The molecule has 3 atom stereocenters. The van der Waals surface area contributed by atoms with Crippen LogP contribution < -0.4 is 5.32 Å². The van der Waals surface area contributed by atoms with E-state index >= 15 is 0 Å². The SMILES string of the molecule is c1ccc(C2CC2C2CCc3ccccc3N2)cc1. The second kappa shape index (κ2) is 4.41. The number of hydrogen-bond acceptors (Lipinski definition) is 1. The van der Waals surface area contributed by atoms with Crippen LogP contribution in [-0.2, 0) is 6.42 Å². The second-order valence-corrected chi connectivity index (χ2v) is 5.86. The summed E-state index contributed by atoms with van der Waals surface area (Å²) < 4.78 is 0. The Kier molecular flexibility index (Phi) is 2.58. The molecule has 1 nitrogen and oxygen atoms in total. The molecule has 4 rings (SSSR count). The van der Waals surface area contributed by atoms with Crippen molar-refractivity contribution in [3.8, 4) is 0 Å². The number of fused-ring (bicyclic) bond motifs is 1. The van der Waals surface area contributed by atoms with Gasteiger partial charge in [-0.3, -0.25) is 0 Å². The molecule has 0 spiro atoms. The minimum absolute atomic E-state index is 0.667. The Morgan fingerprint density at radius 1 is 0.895 bits per heavy atom. The Bertz CT molecular complexity index is 575. The Morgan fingerprint density at radius 2 is 1.68 bits per heavy atom. The molecular formula is C18H19N. The van der Waals surface area contributed by atoms with Crippen LogP contribution in [0.15, 0.2) is 54.6 Å². The van der Waals surface area contributed by atoms with E-state index in [0.717, 1.165) is 11.8 Å².